The molecule has 3 nitrogen and oxygen atoms in total. The minimum Gasteiger partial charge on any atom is -0.337 e. The minimum atomic E-state index is 0.279. The molecule has 1 aliphatic rings. The average molecular weight is 276 g/mol. The lowest BCUT2D eigenvalue weighted by atomic mass is 9.95. The zero-order valence-electron chi connectivity index (χ0n) is 11.5. The Hall–Kier alpha value is -1.31. The van der Waals surface area contributed by atoms with E-state index in [1.54, 1.807) is 11.3 Å². The predicted octanol–water partition coefficient (Wildman–Crippen LogP) is 2.06. The van der Waals surface area contributed by atoms with Gasteiger partial charge in [-0.25, -0.2) is 0 Å². The lowest BCUT2D eigenvalue weighted by Crippen LogP contribution is -2.24. The number of likely N-dealkylation sites (tertiary alicyclic amines) is 1. The van der Waals surface area contributed by atoms with Crippen LogP contribution in [-0.4, -0.2) is 23.9 Å². The van der Waals surface area contributed by atoms with Crippen molar-refractivity contribution < 1.29 is 4.79 Å². The molecule has 102 valence electrons. The molecule has 0 saturated carbocycles. The van der Waals surface area contributed by atoms with Gasteiger partial charge in [-0.2, -0.15) is 0 Å². The van der Waals surface area contributed by atoms with Crippen molar-refractivity contribution in [3.8, 4) is 11.8 Å². The van der Waals surface area contributed by atoms with Crippen LogP contribution in [0.15, 0.2) is 11.4 Å². The Labute approximate surface area is 118 Å². The predicted molar refractivity (Wildman–Crippen MR) is 78.6 cm³/mol. The second kappa shape index (κ2) is 6.23. The summed E-state index contributed by atoms with van der Waals surface area (Å²) in [7, 11) is 0. The van der Waals surface area contributed by atoms with E-state index in [0.717, 1.165) is 18.7 Å². The normalized spacial score (nSPS) is 18.8. The van der Waals surface area contributed by atoms with Crippen LogP contribution in [0.25, 0.3) is 0 Å². The van der Waals surface area contributed by atoms with Crippen LogP contribution in [0.2, 0.25) is 0 Å². The van der Waals surface area contributed by atoms with Gasteiger partial charge in [0.05, 0.1) is 13.1 Å². The van der Waals surface area contributed by atoms with E-state index in [1.165, 1.54) is 4.88 Å². The standard InChI is InChI=1S/C15H20N2OS/c1-11(2)13-7-15(18)17(8-13)9-14-6-12(10-19-14)4-3-5-16/h6,10-11,13H,5,7-9,16H2,1-2H3. The Kier molecular flexibility index (Phi) is 4.62. The van der Waals surface area contributed by atoms with Gasteiger partial charge in [-0.3, -0.25) is 4.79 Å². The van der Waals surface area contributed by atoms with E-state index in [4.69, 9.17) is 5.73 Å². The minimum absolute atomic E-state index is 0.279. The first-order valence-electron chi connectivity index (χ1n) is 6.64. The van der Waals surface area contributed by atoms with Crippen molar-refractivity contribution in [3.05, 3.63) is 21.9 Å². The maximum absolute atomic E-state index is 12.0. The number of amides is 1. The fraction of sp³-hybridized carbons (Fsp3) is 0.533. The monoisotopic (exact) mass is 276 g/mol. The molecule has 2 N–H and O–H groups in total. The molecule has 1 saturated heterocycles. The number of carbonyl (C=O) groups excluding carboxylic acids is 1. The summed E-state index contributed by atoms with van der Waals surface area (Å²) in [5, 5.41) is 2.03. The Bertz CT molecular complexity index is 510. The summed E-state index contributed by atoms with van der Waals surface area (Å²) < 4.78 is 0. The van der Waals surface area contributed by atoms with Gasteiger partial charge in [0.25, 0.3) is 0 Å². The topological polar surface area (TPSA) is 46.3 Å². The maximum atomic E-state index is 12.0. The number of hydrogen-bond acceptors (Lipinski definition) is 3. The summed E-state index contributed by atoms with van der Waals surface area (Å²) in [5.41, 5.74) is 6.35. The molecular formula is C15H20N2OS. The van der Waals surface area contributed by atoms with E-state index in [-0.39, 0.29) is 5.91 Å². The Morgan fingerprint density at radius 2 is 2.37 bits per heavy atom. The highest BCUT2D eigenvalue weighted by Crippen LogP contribution is 2.27. The van der Waals surface area contributed by atoms with Crippen LogP contribution in [0.1, 0.15) is 30.7 Å². The Balaban J connectivity index is 1.98. The zero-order chi connectivity index (χ0) is 13.8. The lowest BCUT2D eigenvalue weighted by molar-refractivity contribution is -0.128. The average Bonchev–Trinajstić information content (AvgIpc) is 2.95. The molecule has 0 bridgehead atoms. The summed E-state index contributed by atoms with van der Waals surface area (Å²) in [6.45, 7) is 6.36. The number of carbonyl (C=O) groups is 1. The van der Waals surface area contributed by atoms with Crippen LogP contribution >= 0.6 is 11.3 Å². The molecule has 4 heteroatoms. The van der Waals surface area contributed by atoms with Gasteiger partial charge in [0.2, 0.25) is 5.91 Å². The second-order valence-electron chi connectivity index (χ2n) is 5.29. The van der Waals surface area contributed by atoms with Crippen LogP contribution in [0.3, 0.4) is 0 Å². The molecule has 0 aliphatic carbocycles. The highest BCUT2D eigenvalue weighted by Gasteiger charge is 2.31. The molecule has 1 atom stereocenters. The molecule has 19 heavy (non-hydrogen) atoms. The molecule has 0 radical (unpaired) electrons. The van der Waals surface area contributed by atoms with Crippen LogP contribution in [0.5, 0.6) is 0 Å². The van der Waals surface area contributed by atoms with E-state index in [1.807, 2.05) is 10.3 Å². The summed E-state index contributed by atoms with van der Waals surface area (Å²) in [6.07, 6.45) is 0.697. The van der Waals surface area contributed by atoms with E-state index in [9.17, 15) is 4.79 Å². The van der Waals surface area contributed by atoms with E-state index < -0.39 is 0 Å². The van der Waals surface area contributed by atoms with Crippen molar-refractivity contribution in [2.24, 2.45) is 17.6 Å². The fourth-order valence-electron chi connectivity index (χ4n) is 2.27. The molecule has 1 fully saturated rings. The second-order valence-corrected chi connectivity index (χ2v) is 6.29. The number of thiophene rings is 1. The third kappa shape index (κ3) is 3.59. The van der Waals surface area contributed by atoms with Crippen molar-refractivity contribution in [1.82, 2.24) is 4.90 Å². The summed E-state index contributed by atoms with van der Waals surface area (Å²) in [6, 6.07) is 2.06. The molecule has 1 unspecified atom stereocenters. The highest BCUT2D eigenvalue weighted by atomic mass is 32.1. The molecule has 0 spiro atoms. The first-order valence-corrected chi connectivity index (χ1v) is 7.52. The zero-order valence-corrected chi connectivity index (χ0v) is 12.3. The molecule has 1 aliphatic heterocycles. The quantitative estimate of drug-likeness (QED) is 0.859. The number of nitrogens with zero attached hydrogens (tertiary/aromatic N) is 1. The van der Waals surface area contributed by atoms with Gasteiger partial charge in [0, 0.05) is 28.8 Å². The van der Waals surface area contributed by atoms with Gasteiger partial charge in [-0.05, 0) is 17.9 Å². The highest BCUT2D eigenvalue weighted by molar-refractivity contribution is 7.10. The van der Waals surface area contributed by atoms with Crippen LogP contribution in [0, 0.1) is 23.7 Å². The SMILES string of the molecule is CC(C)C1CC(=O)N(Cc2cc(C#CCN)cs2)C1. The van der Waals surface area contributed by atoms with Gasteiger partial charge in [-0.15, -0.1) is 11.3 Å². The van der Waals surface area contributed by atoms with Gasteiger partial charge in [-0.1, -0.05) is 25.7 Å². The molecule has 1 amide bonds. The molecule has 2 heterocycles. The third-order valence-corrected chi connectivity index (χ3v) is 4.44. The van der Waals surface area contributed by atoms with Crippen molar-refractivity contribution in [1.29, 1.82) is 0 Å². The molecule has 2 rings (SSSR count). The number of hydrogen-bond donors (Lipinski definition) is 1. The third-order valence-electron chi connectivity index (χ3n) is 3.52. The van der Waals surface area contributed by atoms with E-state index >= 15 is 0 Å². The molecule has 1 aromatic heterocycles. The maximum Gasteiger partial charge on any atom is 0.223 e. The Morgan fingerprint density at radius 1 is 1.58 bits per heavy atom. The van der Waals surface area contributed by atoms with Crippen molar-refractivity contribution in [2.45, 2.75) is 26.8 Å². The van der Waals surface area contributed by atoms with Crippen molar-refractivity contribution in [2.75, 3.05) is 13.1 Å². The van der Waals surface area contributed by atoms with Gasteiger partial charge in [0.1, 0.15) is 0 Å². The summed E-state index contributed by atoms with van der Waals surface area (Å²) in [5.74, 6) is 7.22. The number of nitrogens with two attached hydrogens (primary N) is 1. The summed E-state index contributed by atoms with van der Waals surface area (Å²) in [4.78, 5) is 15.1. The van der Waals surface area contributed by atoms with E-state index in [0.29, 0.717) is 24.8 Å². The van der Waals surface area contributed by atoms with E-state index in [2.05, 4.69) is 31.8 Å². The van der Waals surface area contributed by atoms with Crippen LogP contribution < -0.4 is 5.73 Å². The lowest BCUT2D eigenvalue weighted by Gasteiger charge is -2.17. The van der Waals surface area contributed by atoms with Gasteiger partial charge >= 0.3 is 0 Å². The van der Waals surface area contributed by atoms with Gasteiger partial charge < -0.3 is 10.6 Å². The van der Waals surface area contributed by atoms with Crippen LogP contribution in [-0.2, 0) is 11.3 Å². The molecule has 0 aromatic carbocycles. The largest absolute Gasteiger partial charge is 0.337 e. The first-order chi connectivity index (χ1) is 9.10. The smallest absolute Gasteiger partial charge is 0.223 e. The molecule has 1 aromatic rings. The van der Waals surface area contributed by atoms with Gasteiger partial charge in [0.15, 0.2) is 0 Å². The Morgan fingerprint density at radius 3 is 3.00 bits per heavy atom. The fourth-order valence-corrected chi connectivity index (χ4v) is 3.10. The molecular weight excluding hydrogens is 256 g/mol. The van der Waals surface area contributed by atoms with Crippen LogP contribution in [0.4, 0.5) is 0 Å². The summed E-state index contributed by atoms with van der Waals surface area (Å²) >= 11 is 1.66. The number of rotatable bonds is 3. The first kappa shape index (κ1) is 14.1. The van der Waals surface area contributed by atoms with Crippen molar-refractivity contribution >= 4 is 17.2 Å². The van der Waals surface area contributed by atoms with Crippen molar-refractivity contribution in [3.63, 3.8) is 0 Å².